The van der Waals surface area contributed by atoms with Crippen molar-refractivity contribution in [3.8, 4) is 0 Å². The second kappa shape index (κ2) is 4.55. The summed E-state index contributed by atoms with van der Waals surface area (Å²) in [7, 11) is -0.734. The van der Waals surface area contributed by atoms with Crippen LogP contribution in [0, 0.1) is 0 Å². The van der Waals surface area contributed by atoms with Gasteiger partial charge in [0.1, 0.15) is 8.48 Å². The molecular weight excluding hydrogens is 182 g/mol. The van der Waals surface area contributed by atoms with Gasteiger partial charge in [-0.05, 0) is 39.3 Å². The molecule has 0 bridgehead atoms. The summed E-state index contributed by atoms with van der Waals surface area (Å²) in [5.41, 5.74) is 0.212. The van der Waals surface area contributed by atoms with E-state index < -0.39 is 8.48 Å². The molecule has 1 aliphatic heterocycles. The summed E-state index contributed by atoms with van der Waals surface area (Å²) in [5.74, 6) is 0. The largest absolute Gasteiger partial charge is 0.421 e. The molecule has 72 valence electrons. The SMILES string of the molecule is CCCN[SiH]1CCC(C)(C)O[SiH2]1. The summed E-state index contributed by atoms with van der Waals surface area (Å²) in [5, 5.41) is 0. The molecule has 1 heterocycles. The van der Waals surface area contributed by atoms with Crippen molar-refractivity contribution in [1.82, 2.24) is 4.98 Å². The Morgan fingerprint density at radius 3 is 2.83 bits per heavy atom. The van der Waals surface area contributed by atoms with Crippen LogP contribution in [-0.2, 0) is 4.43 Å². The van der Waals surface area contributed by atoms with E-state index in [9.17, 15) is 0 Å². The first-order valence-corrected chi connectivity index (χ1v) is 10.2. The van der Waals surface area contributed by atoms with Crippen LogP contribution >= 0.6 is 0 Å². The molecule has 0 amide bonds. The predicted octanol–water partition coefficient (Wildman–Crippen LogP) is 0.489. The zero-order valence-electron chi connectivity index (χ0n) is 8.52. The minimum absolute atomic E-state index is 0.174. The fourth-order valence-corrected chi connectivity index (χ4v) is 8.57. The van der Waals surface area contributed by atoms with Crippen molar-refractivity contribution in [2.45, 2.75) is 45.3 Å². The van der Waals surface area contributed by atoms with Gasteiger partial charge in [-0.15, -0.1) is 0 Å². The molecule has 1 atom stereocenters. The Morgan fingerprint density at radius 2 is 2.33 bits per heavy atom. The summed E-state index contributed by atoms with van der Waals surface area (Å²) < 4.78 is 5.91. The molecule has 0 spiro atoms. The quantitative estimate of drug-likeness (QED) is 0.674. The van der Waals surface area contributed by atoms with E-state index in [-0.39, 0.29) is 14.9 Å². The molecule has 12 heavy (non-hydrogen) atoms. The van der Waals surface area contributed by atoms with E-state index >= 15 is 0 Å². The standard InChI is InChI=1S/C8H21NOSi2/c1-4-6-9-12-7-5-8(2,3)10-11-12/h9,12H,4-7,11H2,1-3H3. The summed E-state index contributed by atoms with van der Waals surface area (Å²) in [4.78, 5) is 3.68. The fraction of sp³-hybridized carbons (Fsp3) is 1.00. The van der Waals surface area contributed by atoms with Crippen LogP contribution in [0.2, 0.25) is 6.04 Å². The predicted molar refractivity (Wildman–Crippen MR) is 58.6 cm³/mol. The Morgan fingerprint density at radius 1 is 1.58 bits per heavy atom. The Balaban J connectivity index is 2.18. The maximum atomic E-state index is 5.91. The fourth-order valence-electron chi connectivity index (χ4n) is 1.51. The topological polar surface area (TPSA) is 21.3 Å². The highest BCUT2D eigenvalue weighted by atomic mass is 29.2. The lowest BCUT2D eigenvalue weighted by Gasteiger charge is -2.34. The average molecular weight is 203 g/mol. The number of nitrogens with one attached hydrogen (secondary N) is 1. The molecule has 0 saturated carbocycles. The van der Waals surface area contributed by atoms with Crippen LogP contribution in [0.15, 0.2) is 0 Å². The van der Waals surface area contributed by atoms with Crippen LogP contribution in [0.1, 0.15) is 33.6 Å². The molecule has 1 saturated heterocycles. The van der Waals surface area contributed by atoms with E-state index in [0.29, 0.717) is 0 Å². The van der Waals surface area contributed by atoms with Crippen molar-refractivity contribution in [3.63, 3.8) is 0 Å². The first kappa shape index (κ1) is 10.4. The minimum Gasteiger partial charge on any atom is -0.421 e. The molecule has 0 aromatic heterocycles. The van der Waals surface area contributed by atoms with Gasteiger partial charge in [0.05, 0.1) is 0 Å². The van der Waals surface area contributed by atoms with Gasteiger partial charge in [0.25, 0.3) is 0 Å². The van der Waals surface area contributed by atoms with Gasteiger partial charge in [-0.1, -0.05) is 6.92 Å². The highest BCUT2D eigenvalue weighted by Gasteiger charge is 2.28. The van der Waals surface area contributed by atoms with Crippen LogP contribution in [0.4, 0.5) is 0 Å². The Labute approximate surface area is 79.5 Å². The minimum atomic E-state index is -0.559. The van der Waals surface area contributed by atoms with E-state index in [1.165, 1.54) is 25.4 Å². The summed E-state index contributed by atoms with van der Waals surface area (Å²) in [6.07, 6.45) is 2.54. The highest BCUT2D eigenvalue weighted by Crippen LogP contribution is 2.21. The number of rotatable bonds is 3. The van der Waals surface area contributed by atoms with Crippen molar-refractivity contribution in [3.05, 3.63) is 0 Å². The first-order chi connectivity index (χ1) is 5.64. The van der Waals surface area contributed by atoms with E-state index in [0.717, 1.165) is 0 Å². The Bertz CT molecular complexity index is 131. The summed E-state index contributed by atoms with van der Waals surface area (Å²) >= 11 is 0. The van der Waals surface area contributed by atoms with E-state index in [1.807, 2.05) is 0 Å². The molecule has 1 aliphatic rings. The molecular formula is C8H21NOSi2. The molecule has 0 radical (unpaired) electrons. The molecule has 2 nitrogen and oxygen atoms in total. The Kier molecular flexibility index (Phi) is 3.96. The maximum absolute atomic E-state index is 5.91. The molecule has 1 rings (SSSR count). The number of hydrogen-bond donors (Lipinski definition) is 1. The zero-order chi connectivity index (χ0) is 9.03. The first-order valence-electron chi connectivity index (χ1n) is 5.01. The van der Waals surface area contributed by atoms with Gasteiger partial charge in [-0.3, -0.25) is 0 Å². The molecule has 1 fully saturated rings. The average Bonchev–Trinajstić information content (AvgIpc) is 2.03. The second-order valence-corrected chi connectivity index (χ2v) is 11.2. The lowest BCUT2D eigenvalue weighted by Crippen LogP contribution is -2.49. The van der Waals surface area contributed by atoms with Crippen LogP contribution in [0.5, 0.6) is 0 Å². The Hall–Kier alpha value is 0.354. The maximum Gasteiger partial charge on any atom is 0.165 e. The van der Waals surface area contributed by atoms with Crippen molar-refractivity contribution in [2.75, 3.05) is 6.54 Å². The zero-order valence-corrected chi connectivity index (χ0v) is 11.1. The van der Waals surface area contributed by atoms with Crippen LogP contribution in [-0.4, -0.2) is 29.9 Å². The van der Waals surface area contributed by atoms with Crippen molar-refractivity contribution >= 4 is 17.8 Å². The third-order valence-corrected chi connectivity index (χ3v) is 9.45. The molecule has 1 N–H and O–H groups in total. The lowest BCUT2D eigenvalue weighted by molar-refractivity contribution is 0.109. The van der Waals surface area contributed by atoms with Crippen molar-refractivity contribution in [2.24, 2.45) is 0 Å². The van der Waals surface area contributed by atoms with E-state index in [1.54, 1.807) is 0 Å². The van der Waals surface area contributed by atoms with Crippen LogP contribution < -0.4 is 4.98 Å². The van der Waals surface area contributed by atoms with Gasteiger partial charge in [0.15, 0.2) is 9.28 Å². The van der Waals surface area contributed by atoms with Gasteiger partial charge >= 0.3 is 0 Å². The normalized spacial score (nSPS) is 30.8. The van der Waals surface area contributed by atoms with Gasteiger partial charge in [0.2, 0.25) is 0 Å². The van der Waals surface area contributed by atoms with Gasteiger partial charge in [-0.25, -0.2) is 0 Å². The van der Waals surface area contributed by atoms with Crippen molar-refractivity contribution < 1.29 is 4.43 Å². The molecule has 0 aliphatic carbocycles. The molecule has 4 heteroatoms. The lowest BCUT2D eigenvalue weighted by atomic mass is 10.1. The summed E-state index contributed by atoms with van der Waals surface area (Å²) in [6.45, 7) is 7.90. The number of hydrogen-bond acceptors (Lipinski definition) is 2. The third-order valence-electron chi connectivity index (χ3n) is 2.45. The molecule has 0 aromatic carbocycles. The molecule has 0 aromatic rings. The van der Waals surface area contributed by atoms with Crippen molar-refractivity contribution in [1.29, 1.82) is 0 Å². The van der Waals surface area contributed by atoms with Crippen LogP contribution in [0.25, 0.3) is 0 Å². The van der Waals surface area contributed by atoms with Crippen LogP contribution in [0.3, 0.4) is 0 Å². The van der Waals surface area contributed by atoms with Gasteiger partial charge in [-0.2, -0.15) is 0 Å². The summed E-state index contributed by atoms with van der Waals surface area (Å²) in [6, 6.07) is 1.46. The second-order valence-electron chi connectivity index (χ2n) is 4.26. The van der Waals surface area contributed by atoms with Gasteiger partial charge < -0.3 is 9.41 Å². The monoisotopic (exact) mass is 203 g/mol. The van der Waals surface area contributed by atoms with E-state index in [2.05, 4.69) is 25.8 Å². The van der Waals surface area contributed by atoms with Gasteiger partial charge in [0, 0.05) is 5.60 Å². The molecule has 1 unspecified atom stereocenters. The third kappa shape index (κ3) is 3.39. The smallest absolute Gasteiger partial charge is 0.165 e. The highest BCUT2D eigenvalue weighted by molar-refractivity contribution is 7.08. The van der Waals surface area contributed by atoms with E-state index in [4.69, 9.17) is 4.43 Å².